The first kappa shape index (κ1) is 10.2. The molecule has 3 nitrogen and oxygen atoms in total. The van der Waals surface area contributed by atoms with Crippen molar-refractivity contribution in [3.05, 3.63) is 47.5 Å². The van der Waals surface area contributed by atoms with Crippen LogP contribution < -0.4 is 5.73 Å². The number of benzene rings is 2. The molecule has 0 spiro atoms. The minimum Gasteiger partial charge on any atom is -0.434 e. The maximum absolute atomic E-state index is 5.83. The van der Waals surface area contributed by atoms with Crippen LogP contribution in [-0.2, 0) is 0 Å². The highest BCUT2D eigenvalue weighted by atomic mass is 35.5. The Bertz CT molecular complexity index is 673. The Balaban J connectivity index is 2.18. The predicted octanol–water partition coefficient (Wildman–Crippen LogP) is 3.73. The van der Waals surface area contributed by atoms with Gasteiger partial charge in [-0.15, -0.1) is 0 Å². The first-order valence-electron chi connectivity index (χ1n) is 5.15. The van der Waals surface area contributed by atoms with E-state index in [2.05, 4.69) is 4.98 Å². The number of aromatic nitrogens is 1. The number of para-hydroxylation sites is 1. The van der Waals surface area contributed by atoms with Crippen molar-refractivity contribution in [2.24, 2.45) is 0 Å². The lowest BCUT2D eigenvalue weighted by Gasteiger charge is -1.94. The SMILES string of the molecule is Nc1cccc2nc(-c3ccc(Cl)cc3)oc12. The van der Waals surface area contributed by atoms with E-state index in [1.807, 2.05) is 24.3 Å². The van der Waals surface area contributed by atoms with Gasteiger partial charge in [-0.1, -0.05) is 17.7 Å². The van der Waals surface area contributed by atoms with Crippen LogP contribution in [0.15, 0.2) is 46.9 Å². The van der Waals surface area contributed by atoms with Crippen LogP contribution in [-0.4, -0.2) is 4.98 Å². The highest BCUT2D eigenvalue weighted by Gasteiger charge is 2.09. The molecule has 0 amide bonds. The third kappa shape index (κ3) is 1.74. The van der Waals surface area contributed by atoms with Gasteiger partial charge in [0.15, 0.2) is 5.58 Å². The van der Waals surface area contributed by atoms with E-state index in [4.69, 9.17) is 21.8 Å². The first-order chi connectivity index (χ1) is 8.24. The lowest BCUT2D eigenvalue weighted by Crippen LogP contribution is -1.82. The van der Waals surface area contributed by atoms with Gasteiger partial charge in [-0.25, -0.2) is 4.98 Å². The molecule has 3 aromatic rings. The predicted molar refractivity (Wildman–Crippen MR) is 68.9 cm³/mol. The first-order valence-corrected chi connectivity index (χ1v) is 5.53. The van der Waals surface area contributed by atoms with Crippen molar-refractivity contribution < 1.29 is 4.42 Å². The molecule has 2 aromatic carbocycles. The summed E-state index contributed by atoms with van der Waals surface area (Å²) in [5, 5.41) is 0.685. The van der Waals surface area contributed by atoms with E-state index in [1.165, 1.54) is 0 Å². The number of fused-ring (bicyclic) bond motifs is 1. The smallest absolute Gasteiger partial charge is 0.227 e. The van der Waals surface area contributed by atoms with Crippen LogP contribution in [0.5, 0.6) is 0 Å². The standard InChI is InChI=1S/C13H9ClN2O/c14-9-6-4-8(5-7-9)13-16-11-3-1-2-10(15)12(11)17-13/h1-7H,15H2. The molecule has 17 heavy (non-hydrogen) atoms. The number of nitrogens with two attached hydrogens (primary N) is 1. The van der Waals surface area contributed by atoms with E-state index in [0.29, 0.717) is 22.2 Å². The van der Waals surface area contributed by atoms with E-state index in [-0.39, 0.29) is 0 Å². The maximum atomic E-state index is 5.83. The molecular formula is C13H9ClN2O. The molecule has 1 heterocycles. The van der Waals surface area contributed by atoms with E-state index >= 15 is 0 Å². The second-order valence-electron chi connectivity index (χ2n) is 3.72. The van der Waals surface area contributed by atoms with Crippen LogP contribution in [0.25, 0.3) is 22.6 Å². The van der Waals surface area contributed by atoms with E-state index < -0.39 is 0 Å². The molecule has 0 radical (unpaired) electrons. The van der Waals surface area contributed by atoms with Gasteiger partial charge < -0.3 is 10.2 Å². The summed E-state index contributed by atoms with van der Waals surface area (Å²) in [6.45, 7) is 0. The van der Waals surface area contributed by atoms with Gasteiger partial charge in [-0.2, -0.15) is 0 Å². The van der Waals surface area contributed by atoms with Crippen molar-refractivity contribution in [2.75, 3.05) is 5.73 Å². The average molecular weight is 245 g/mol. The minimum atomic E-state index is 0.551. The van der Waals surface area contributed by atoms with Gasteiger partial charge in [0, 0.05) is 10.6 Å². The fourth-order valence-electron chi connectivity index (χ4n) is 1.69. The number of anilines is 1. The Morgan fingerprint density at radius 1 is 1.06 bits per heavy atom. The molecule has 0 aliphatic carbocycles. The third-order valence-electron chi connectivity index (χ3n) is 2.54. The Hall–Kier alpha value is -2.00. The van der Waals surface area contributed by atoms with Crippen molar-refractivity contribution in [3.8, 4) is 11.5 Å². The third-order valence-corrected chi connectivity index (χ3v) is 2.79. The molecule has 0 atom stereocenters. The van der Waals surface area contributed by atoms with Crippen LogP contribution in [0.1, 0.15) is 0 Å². The van der Waals surface area contributed by atoms with Crippen molar-refractivity contribution in [3.63, 3.8) is 0 Å². The zero-order chi connectivity index (χ0) is 11.8. The maximum Gasteiger partial charge on any atom is 0.227 e. The average Bonchev–Trinajstić information content (AvgIpc) is 2.75. The second-order valence-corrected chi connectivity index (χ2v) is 4.16. The number of hydrogen-bond acceptors (Lipinski definition) is 3. The number of nitrogens with zero attached hydrogens (tertiary/aromatic N) is 1. The molecule has 0 fully saturated rings. The second kappa shape index (κ2) is 3.79. The number of oxazole rings is 1. The molecule has 0 saturated carbocycles. The van der Waals surface area contributed by atoms with Gasteiger partial charge in [0.25, 0.3) is 0 Å². The van der Waals surface area contributed by atoms with Crippen LogP contribution in [0.4, 0.5) is 5.69 Å². The molecule has 2 N–H and O–H groups in total. The summed E-state index contributed by atoms with van der Waals surface area (Å²) in [6.07, 6.45) is 0. The van der Waals surface area contributed by atoms with Gasteiger partial charge in [-0.3, -0.25) is 0 Å². The zero-order valence-corrected chi connectivity index (χ0v) is 9.61. The monoisotopic (exact) mass is 244 g/mol. The summed E-state index contributed by atoms with van der Waals surface area (Å²) in [6, 6.07) is 12.8. The number of halogens is 1. The fourth-order valence-corrected chi connectivity index (χ4v) is 1.81. The molecule has 0 aliphatic heterocycles. The van der Waals surface area contributed by atoms with Gasteiger partial charge >= 0.3 is 0 Å². The Morgan fingerprint density at radius 2 is 1.82 bits per heavy atom. The molecule has 4 heteroatoms. The van der Waals surface area contributed by atoms with Crippen molar-refractivity contribution in [1.82, 2.24) is 4.98 Å². The topological polar surface area (TPSA) is 52.0 Å². The van der Waals surface area contributed by atoms with Crippen molar-refractivity contribution in [1.29, 1.82) is 0 Å². The number of rotatable bonds is 1. The quantitative estimate of drug-likeness (QED) is 0.664. The molecule has 0 bridgehead atoms. The zero-order valence-electron chi connectivity index (χ0n) is 8.85. The number of hydrogen-bond donors (Lipinski definition) is 1. The summed E-state index contributed by atoms with van der Waals surface area (Å²) in [5.41, 5.74) is 8.67. The Labute approximate surface area is 103 Å². The highest BCUT2D eigenvalue weighted by Crippen LogP contribution is 2.28. The largest absolute Gasteiger partial charge is 0.434 e. The summed E-state index contributed by atoms with van der Waals surface area (Å²) < 4.78 is 5.65. The van der Waals surface area contributed by atoms with Gasteiger partial charge in [0.05, 0.1) is 5.69 Å². The lowest BCUT2D eigenvalue weighted by atomic mass is 10.2. The van der Waals surface area contributed by atoms with E-state index in [1.54, 1.807) is 18.2 Å². The lowest BCUT2D eigenvalue weighted by molar-refractivity contribution is 0.621. The Kier molecular flexibility index (Phi) is 2.27. The molecule has 3 rings (SSSR count). The molecule has 84 valence electrons. The molecule has 0 unspecified atom stereocenters. The number of nitrogen functional groups attached to an aromatic ring is 1. The van der Waals surface area contributed by atoms with Crippen LogP contribution in [0.3, 0.4) is 0 Å². The molecule has 1 aromatic heterocycles. The molecular weight excluding hydrogens is 236 g/mol. The van der Waals surface area contributed by atoms with Crippen LogP contribution in [0, 0.1) is 0 Å². The van der Waals surface area contributed by atoms with Gasteiger partial charge in [0.2, 0.25) is 5.89 Å². The summed E-state index contributed by atoms with van der Waals surface area (Å²) in [7, 11) is 0. The van der Waals surface area contributed by atoms with Crippen molar-refractivity contribution >= 4 is 28.4 Å². The minimum absolute atomic E-state index is 0.551. The highest BCUT2D eigenvalue weighted by molar-refractivity contribution is 6.30. The summed E-state index contributed by atoms with van der Waals surface area (Å²) >= 11 is 5.83. The fraction of sp³-hybridized carbons (Fsp3) is 0. The molecule has 0 aliphatic rings. The Morgan fingerprint density at radius 3 is 2.53 bits per heavy atom. The molecule has 0 saturated heterocycles. The van der Waals surface area contributed by atoms with E-state index in [0.717, 1.165) is 11.1 Å². The summed E-state index contributed by atoms with van der Waals surface area (Å²) in [4.78, 5) is 4.38. The van der Waals surface area contributed by atoms with Gasteiger partial charge in [-0.05, 0) is 36.4 Å². The summed E-state index contributed by atoms with van der Waals surface area (Å²) in [5.74, 6) is 0.551. The van der Waals surface area contributed by atoms with Crippen LogP contribution in [0.2, 0.25) is 5.02 Å². The van der Waals surface area contributed by atoms with Gasteiger partial charge in [0.1, 0.15) is 5.52 Å². The van der Waals surface area contributed by atoms with E-state index in [9.17, 15) is 0 Å². The van der Waals surface area contributed by atoms with Crippen molar-refractivity contribution in [2.45, 2.75) is 0 Å². The van der Waals surface area contributed by atoms with Crippen LogP contribution >= 0.6 is 11.6 Å². The normalized spacial score (nSPS) is 10.9.